The molecular weight excluding hydrogens is 182 g/mol. The summed E-state index contributed by atoms with van der Waals surface area (Å²) in [6.45, 7) is 9.24. The molecule has 0 unspecified atom stereocenters. The fourth-order valence-corrected chi connectivity index (χ4v) is 1.11. The Labute approximate surface area is 85.0 Å². The van der Waals surface area contributed by atoms with E-state index >= 15 is 0 Å². The molecule has 0 fully saturated rings. The smallest absolute Gasteiger partial charge is 0.162 e. The molecule has 1 aromatic rings. The van der Waals surface area contributed by atoms with E-state index in [1.165, 1.54) is 0 Å². The molecule has 0 aliphatic rings. The van der Waals surface area contributed by atoms with Gasteiger partial charge in [0.15, 0.2) is 11.6 Å². The molecule has 14 heavy (non-hydrogen) atoms. The number of hydrogen-bond donors (Lipinski definition) is 0. The van der Waals surface area contributed by atoms with Crippen molar-refractivity contribution >= 4 is 0 Å². The molecule has 1 aromatic carbocycles. The number of aryl methyl sites for hydroxylation is 1. The van der Waals surface area contributed by atoms with Crippen LogP contribution in [-0.4, -0.2) is 0 Å². The van der Waals surface area contributed by atoms with Crippen molar-refractivity contribution in [1.82, 2.24) is 0 Å². The molecule has 0 aromatic heterocycles. The lowest BCUT2D eigenvalue weighted by Crippen LogP contribution is -1.98. The van der Waals surface area contributed by atoms with Gasteiger partial charge in [0.25, 0.3) is 0 Å². The largest absolute Gasteiger partial charge is 0.203 e. The lowest BCUT2D eigenvalue weighted by atomic mass is 10.0. The predicted octanol–water partition coefficient (Wildman–Crippen LogP) is 4.42. The van der Waals surface area contributed by atoms with Crippen LogP contribution in [0.1, 0.15) is 44.7 Å². The Morgan fingerprint density at radius 3 is 1.93 bits per heavy atom. The first-order valence-electron chi connectivity index (χ1n) is 4.98. The van der Waals surface area contributed by atoms with Crippen LogP contribution < -0.4 is 0 Å². The molecule has 0 atom stereocenters. The van der Waals surface area contributed by atoms with Gasteiger partial charge in [-0.3, -0.25) is 0 Å². The third-order valence-electron chi connectivity index (χ3n) is 1.93. The van der Waals surface area contributed by atoms with Gasteiger partial charge in [-0.25, -0.2) is 8.78 Å². The molecule has 0 aliphatic heterocycles. The van der Waals surface area contributed by atoms with Crippen molar-refractivity contribution in [2.45, 2.75) is 40.5 Å². The molecule has 0 radical (unpaired) electrons. The monoisotopic (exact) mass is 200 g/mol. The molecule has 0 saturated heterocycles. The van der Waals surface area contributed by atoms with Gasteiger partial charge in [0.2, 0.25) is 0 Å². The number of hydrogen-bond acceptors (Lipinski definition) is 0. The van der Waals surface area contributed by atoms with E-state index in [-0.39, 0.29) is 5.92 Å². The average molecular weight is 200 g/mol. The van der Waals surface area contributed by atoms with Crippen molar-refractivity contribution in [3.63, 3.8) is 0 Å². The molecule has 1 rings (SSSR count). The fourth-order valence-electron chi connectivity index (χ4n) is 1.11. The van der Waals surface area contributed by atoms with Gasteiger partial charge in [-0.2, -0.15) is 0 Å². The zero-order valence-corrected chi connectivity index (χ0v) is 9.49. The van der Waals surface area contributed by atoms with Crippen LogP contribution in [0.5, 0.6) is 0 Å². The molecule has 0 amide bonds. The van der Waals surface area contributed by atoms with Crippen LogP contribution in [0.4, 0.5) is 8.78 Å². The first-order valence-corrected chi connectivity index (χ1v) is 4.98. The first-order chi connectivity index (χ1) is 6.54. The zero-order chi connectivity index (χ0) is 11.3. The van der Waals surface area contributed by atoms with Gasteiger partial charge < -0.3 is 0 Å². The summed E-state index contributed by atoms with van der Waals surface area (Å²) in [5.74, 6) is -1.40. The Hall–Kier alpha value is -0.920. The van der Waals surface area contributed by atoms with Crippen molar-refractivity contribution in [3.8, 4) is 0 Å². The number of halogens is 2. The van der Waals surface area contributed by atoms with Crippen LogP contribution in [0.3, 0.4) is 0 Å². The highest BCUT2D eigenvalue weighted by atomic mass is 19.2. The summed E-state index contributed by atoms with van der Waals surface area (Å²) in [7, 11) is 0. The molecule has 0 nitrogen and oxygen atoms in total. The lowest BCUT2D eigenvalue weighted by molar-refractivity contribution is 0.489. The molecule has 0 N–H and O–H groups in total. The van der Waals surface area contributed by atoms with Gasteiger partial charge in [-0.15, -0.1) is 0 Å². The van der Waals surface area contributed by atoms with Crippen LogP contribution >= 0.6 is 0 Å². The van der Waals surface area contributed by atoms with Crippen molar-refractivity contribution in [2.75, 3.05) is 0 Å². The van der Waals surface area contributed by atoms with Crippen LogP contribution in [0.25, 0.3) is 0 Å². The third kappa shape index (κ3) is 2.79. The highest BCUT2D eigenvalue weighted by Crippen LogP contribution is 2.22. The lowest BCUT2D eigenvalue weighted by Gasteiger charge is -2.08. The Kier molecular flexibility index (Phi) is 5.36. The van der Waals surface area contributed by atoms with E-state index in [2.05, 4.69) is 0 Å². The normalized spacial score (nSPS) is 9.71. The molecule has 0 aliphatic carbocycles. The molecule has 80 valence electrons. The summed E-state index contributed by atoms with van der Waals surface area (Å²) in [6, 6.07) is 3.24. The van der Waals surface area contributed by atoms with Crippen molar-refractivity contribution in [1.29, 1.82) is 0 Å². The number of benzene rings is 1. The molecule has 0 saturated carbocycles. The molecule has 0 heterocycles. The Balaban J connectivity index is 0.000000791. The van der Waals surface area contributed by atoms with Gasteiger partial charge in [-0.1, -0.05) is 39.8 Å². The Morgan fingerprint density at radius 1 is 1.00 bits per heavy atom. The van der Waals surface area contributed by atoms with E-state index in [1.807, 2.05) is 27.7 Å². The highest BCUT2D eigenvalue weighted by Gasteiger charge is 2.12. The van der Waals surface area contributed by atoms with Crippen LogP contribution in [0.2, 0.25) is 0 Å². The summed E-state index contributed by atoms with van der Waals surface area (Å²) < 4.78 is 26.1. The van der Waals surface area contributed by atoms with Gasteiger partial charge >= 0.3 is 0 Å². The quantitative estimate of drug-likeness (QED) is 0.629. The summed E-state index contributed by atoms with van der Waals surface area (Å²) >= 11 is 0. The zero-order valence-electron chi connectivity index (χ0n) is 9.49. The minimum absolute atomic E-state index is 0.0279. The third-order valence-corrected chi connectivity index (χ3v) is 1.93. The summed E-state index contributed by atoms with van der Waals surface area (Å²) in [5.41, 5.74) is 0.801. The fraction of sp³-hybridized carbons (Fsp3) is 0.500. The second-order valence-electron chi connectivity index (χ2n) is 3.25. The first kappa shape index (κ1) is 13.1. The Bertz CT molecular complexity index is 291. The van der Waals surface area contributed by atoms with E-state index in [0.717, 1.165) is 0 Å². The molecule has 2 heteroatoms. The average Bonchev–Trinajstić information content (AvgIpc) is 2.17. The van der Waals surface area contributed by atoms with Gasteiger partial charge in [0, 0.05) is 0 Å². The summed E-state index contributed by atoms with van der Waals surface area (Å²) in [6.07, 6.45) is 0. The molecular formula is C12H18F2. The van der Waals surface area contributed by atoms with Crippen molar-refractivity contribution in [3.05, 3.63) is 34.9 Å². The van der Waals surface area contributed by atoms with Gasteiger partial charge in [0.05, 0.1) is 0 Å². The van der Waals surface area contributed by atoms with Gasteiger partial charge in [0.1, 0.15) is 0 Å². The van der Waals surface area contributed by atoms with Crippen LogP contribution in [0.15, 0.2) is 12.1 Å². The maximum Gasteiger partial charge on any atom is 0.162 e. The van der Waals surface area contributed by atoms with Crippen LogP contribution in [0, 0.1) is 18.6 Å². The topological polar surface area (TPSA) is 0 Å². The summed E-state index contributed by atoms with van der Waals surface area (Å²) in [4.78, 5) is 0. The van der Waals surface area contributed by atoms with Crippen LogP contribution in [-0.2, 0) is 0 Å². The van der Waals surface area contributed by atoms with Crippen molar-refractivity contribution in [2.24, 2.45) is 0 Å². The molecule has 0 bridgehead atoms. The SMILES string of the molecule is CC.Cc1ccc(C(C)C)c(F)c1F. The second kappa shape index (κ2) is 5.74. The van der Waals surface area contributed by atoms with E-state index < -0.39 is 11.6 Å². The van der Waals surface area contributed by atoms with E-state index in [4.69, 9.17) is 0 Å². The minimum Gasteiger partial charge on any atom is -0.203 e. The second-order valence-corrected chi connectivity index (χ2v) is 3.25. The van der Waals surface area contributed by atoms with E-state index in [1.54, 1.807) is 19.1 Å². The summed E-state index contributed by atoms with van der Waals surface area (Å²) in [5, 5.41) is 0. The standard InChI is InChI=1S/C10H12F2.C2H6/c1-6(2)8-5-4-7(3)9(11)10(8)12;1-2/h4-6H,1-3H3;1-2H3. The van der Waals surface area contributed by atoms with Crippen molar-refractivity contribution < 1.29 is 8.78 Å². The highest BCUT2D eigenvalue weighted by molar-refractivity contribution is 5.27. The minimum atomic E-state index is -0.721. The van der Waals surface area contributed by atoms with Gasteiger partial charge in [-0.05, 0) is 24.0 Å². The van der Waals surface area contributed by atoms with E-state index in [0.29, 0.717) is 11.1 Å². The maximum absolute atomic E-state index is 13.1. The Morgan fingerprint density at radius 2 is 1.50 bits per heavy atom. The molecule has 0 spiro atoms. The number of rotatable bonds is 1. The maximum atomic E-state index is 13.1. The van der Waals surface area contributed by atoms with E-state index in [9.17, 15) is 8.78 Å². The predicted molar refractivity (Wildman–Crippen MR) is 56.5 cm³/mol.